The van der Waals surface area contributed by atoms with Crippen LogP contribution >= 0.6 is 11.6 Å². The molecule has 2 aromatic heterocycles. The van der Waals surface area contributed by atoms with E-state index in [9.17, 15) is 14.3 Å². The Hall–Kier alpha value is -4.34. The predicted molar refractivity (Wildman–Crippen MR) is 154 cm³/mol. The summed E-state index contributed by atoms with van der Waals surface area (Å²) in [6.07, 6.45) is 2.05. The predicted octanol–water partition coefficient (Wildman–Crippen LogP) is 7.08. The van der Waals surface area contributed by atoms with E-state index in [1.807, 2.05) is 4.57 Å². The standard InChI is InChI=1S/C32H26ClF2N3O4/c33-23-10-8-22(26(35)16-23)18-42-31-5-1-4-27(37-31)20-7-6-19(25(34)13-20)15-30-36-28-11-9-21(32(39)40)14-29(28)38(30)17-24-3-2-12-41-24/h1,4-11,13-14,16,24H,2-3,12,15,17-18H2,(H,39,40)/t24-/m1/s1. The Labute approximate surface area is 245 Å². The van der Waals surface area contributed by atoms with Gasteiger partial charge in [-0.2, -0.15) is 0 Å². The van der Waals surface area contributed by atoms with Gasteiger partial charge in [0.05, 0.1) is 34.9 Å². The number of benzene rings is 3. The van der Waals surface area contributed by atoms with Crippen molar-refractivity contribution >= 4 is 28.6 Å². The molecule has 0 radical (unpaired) electrons. The summed E-state index contributed by atoms with van der Waals surface area (Å²) in [5.41, 5.74) is 3.31. The number of halogens is 3. The SMILES string of the molecule is O=C(O)c1ccc2nc(Cc3ccc(-c4cccc(OCc5ccc(Cl)cc5F)n4)cc3F)n(C[C@H]3CCCO3)c2c1. The van der Waals surface area contributed by atoms with E-state index in [0.29, 0.717) is 57.4 Å². The van der Waals surface area contributed by atoms with Crippen molar-refractivity contribution in [2.24, 2.45) is 0 Å². The molecule has 0 spiro atoms. The number of carbonyl (C=O) groups is 1. The van der Waals surface area contributed by atoms with Crippen LogP contribution in [0.25, 0.3) is 22.3 Å². The summed E-state index contributed by atoms with van der Waals surface area (Å²) in [5.74, 6) is -1.02. The van der Waals surface area contributed by atoms with Gasteiger partial charge in [-0.05, 0) is 60.9 Å². The number of pyridine rings is 1. The minimum Gasteiger partial charge on any atom is -0.478 e. The van der Waals surface area contributed by atoms with Gasteiger partial charge in [-0.15, -0.1) is 0 Å². The number of imidazole rings is 1. The third kappa shape index (κ3) is 5.98. The normalized spacial score (nSPS) is 14.9. The minimum absolute atomic E-state index is 0.0152. The number of carboxylic acid groups (broad SMARTS) is 1. The summed E-state index contributed by atoms with van der Waals surface area (Å²) in [4.78, 5) is 20.8. The van der Waals surface area contributed by atoms with Crippen LogP contribution in [0, 0.1) is 11.6 Å². The van der Waals surface area contributed by atoms with E-state index in [-0.39, 0.29) is 30.6 Å². The Morgan fingerprint density at radius 3 is 2.62 bits per heavy atom. The molecule has 1 fully saturated rings. The lowest BCUT2D eigenvalue weighted by Crippen LogP contribution is -2.17. The first-order chi connectivity index (χ1) is 20.3. The number of aromatic carboxylic acids is 1. The summed E-state index contributed by atoms with van der Waals surface area (Å²) in [6, 6.07) is 19.2. The molecule has 7 nitrogen and oxygen atoms in total. The molecule has 42 heavy (non-hydrogen) atoms. The summed E-state index contributed by atoms with van der Waals surface area (Å²) in [5, 5.41) is 9.80. The van der Waals surface area contributed by atoms with Crippen LogP contribution in [-0.2, 0) is 24.3 Å². The van der Waals surface area contributed by atoms with Crippen molar-refractivity contribution in [3.8, 4) is 17.1 Å². The van der Waals surface area contributed by atoms with Crippen molar-refractivity contribution in [1.29, 1.82) is 0 Å². The number of hydrogen-bond donors (Lipinski definition) is 1. The van der Waals surface area contributed by atoms with E-state index in [4.69, 9.17) is 26.1 Å². The highest BCUT2D eigenvalue weighted by Gasteiger charge is 2.21. The van der Waals surface area contributed by atoms with Gasteiger partial charge in [0.2, 0.25) is 5.88 Å². The maximum Gasteiger partial charge on any atom is 0.335 e. The van der Waals surface area contributed by atoms with Crippen LogP contribution in [0.1, 0.15) is 40.2 Å². The molecule has 5 aromatic rings. The maximum absolute atomic E-state index is 15.5. The second kappa shape index (κ2) is 11.9. The van der Waals surface area contributed by atoms with Crippen LogP contribution in [0.15, 0.2) is 72.8 Å². The molecule has 1 atom stereocenters. The average molecular weight is 590 g/mol. The molecule has 1 N–H and O–H groups in total. The van der Waals surface area contributed by atoms with Crippen LogP contribution < -0.4 is 4.74 Å². The largest absolute Gasteiger partial charge is 0.478 e. The summed E-state index contributed by atoms with van der Waals surface area (Å²) in [7, 11) is 0. The zero-order chi connectivity index (χ0) is 29.2. The van der Waals surface area contributed by atoms with E-state index in [1.54, 1.807) is 54.6 Å². The number of rotatable bonds is 9. The van der Waals surface area contributed by atoms with Gasteiger partial charge in [0.15, 0.2) is 0 Å². The molecular weight excluding hydrogens is 564 g/mol. The monoisotopic (exact) mass is 589 g/mol. The van der Waals surface area contributed by atoms with Crippen LogP contribution in [0.4, 0.5) is 8.78 Å². The van der Waals surface area contributed by atoms with Gasteiger partial charge in [-0.3, -0.25) is 0 Å². The fourth-order valence-electron chi connectivity index (χ4n) is 5.10. The second-order valence-electron chi connectivity index (χ2n) is 10.2. The quantitative estimate of drug-likeness (QED) is 0.198. The highest BCUT2D eigenvalue weighted by molar-refractivity contribution is 6.30. The maximum atomic E-state index is 15.5. The van der Waals surface area contributed by atoms with Gasteiger partial charge in [-0.25, -0.2) is 23.5 Å². The van der Waals surface area contributed by atoms with Crippen molar-refractivity contribution < 1.29 is 28.2 Å². The molecule has 0 saturated carbocycles. The highest BCUT2D eigenvalue weighted by atomic mass is 35.5. The van der Waals surface area contributed by atoms with Crippen molar-refractivity contribution in [3.05, 3.63) is 112 Å². The number of fused-ring (bicyclic) bond motifs is 1. The Balaban J connectivity index is 1.24. The molecule has 0 amide bonds. The smallest absolute Gasteiger partial charge is 0.335 e. The number of nitrogens with zero attached hydrogens (tertiary/aromatic N) is 3. The number of ether oxygens (including phenoxy) is 2. The molecule has 6 rings (SSSR count). The van der Waals surface area contributed by atoms with Crippen molar-refractivity contribution in [2.75, 3.05) is 6.61 Å². The Bertz CT molecular complexity index is 1790. The first-order valence-corrected chi connectivity index (χ1v) is 13.9. The topological polar surface area (TPSA) is 86.5 Å². The van der Waals surface area contributed by atoms with Gasteiger partial charge in [0, 0.05) is 35.2 Å². The number of hydrogen-bond acceptors (Lipinski definition) is 5. The van der Waals surface area contributed by atoms with Crippen LogP contribution in [-0.4, -0.2) is 38.3 Å². The van der Waals surface area contributed by atoms with Gasteiger partial charge >= 0.3 is 5.97 Å². The highest BCUT2D eigenvalue weighted by Crippen LogP contribution is 2.27. The molecule has 214 valence electrons. The lowest BCUT2D eigenvalue weighted by atomic mass is 10.1. The molecule has 1 aliphatic heterocycles. The summed E-state index contributed by atoms with van der Waals surface area (Å²) < 4.78 is 43.0. The van der Waals surface area contributed by atoms with Crippen LogP contribution in [0.3, 0.4) is 0 Å². The molecule has 10 heteroatoms. The minimum atomic E-state index is -1.02. The molecule has 0 unspecified atom stereocenters. The molecule has 1 aliphatic rings. The van der Waals surface area contributed by atoms with E-state index in [2.05, 4.69) is 4.98 Å². The van der Waals surface area contributed by atoms with Gasteiger partial charge < -0.3 is 19.1 Å². The first-order valence-electron chi connectivity index (χ1n) is 13.5. The van der Waals surface area contributed by atoms with Crippen molar-refractivity contribution in [2.45, 2.75) is 38.5 Å². The van der Waals surface area contributed by atoms with E-state index < -0.39 is 17.6 Å². The Morgan fingerprint density at radius 2 is 1.86 bits per heavy atom. The fraction of sp³-hybridized carbons (Fsp3) is 0.219. The van der Waals surface area contributed by atoms with E-state index in [0.717, 1.165) is 12.8 Å². The van der Waals surface area contributed by atoms with Crippen molar-refractivity contribution in [1.82, 2.24) is 14.5 Å². The zero-order valence-corrected chi connectivity index (χ0v) is 23.2. The number of carboxylic acids is 1. The summed E-state index contributed by atoms with van der Waals surface area (Å²) in [6.45, 7) is 1.15. The third-order valence-electron chi connectivity index (χ3n) is 7.30. The average Bonchev–Trinajstić information content (AvgIpc) is 3.61. The van der Waals surface area contributed by atoms with Gasteiger partial charge in [0.25, 0.3) is 0 Å². The molecule has 3 aromatic carbocycles. The van der Waals surface area contributed by atoms with Crippen LogP contribution in [0.2, 0.25) is 5.02 Å². The lowest BCUT2D eigenvalue weighted by Gasteiger charge is -2.15. The van der Waals surface area contributed by atoms with Crippen molar-refractivity contribution in [3.63, 3.8) is 0 Å². The lowest BCUT2D eigenvalue weighted by molar-refractivity contribution is 0.0697. The second-order valence-corrected chi connectivity index (χ2v) is 10.6. The van der Waals surface area contributed by atoms with E-state index in [1.165, 1.54) is 18.2 Å². The van der Waals surface area contributed by atoms with E-state index >= 15 is 4.39 Å². The van der Waals surface area contributed by atoms with Crippen LogP contribution in [0.5, 0.6) is 5.88 Å². The Kier molecular flexibility index (Phi) is 7.86. The molecular formula is C32H26ClF2N3O4. The first kappa shape index (κ1) is 27.8. The van der Waals surface area contributed by atoms with Gasteiger partial charge in [-0.1, -0.05) is 35.9 Å². The van der Waals surface area contributed by atoms with Gasteiger partial charge in [0.1, 0.15) is 24.1 Å². The number of aromatic nitrogens is 3. The molecule has 1 saturated heterocycles. The molecule has 3 heterocycles. The Morgan fingerprint density at radius 1 is 1.02 bits per heavy atom. The molecule has 0 bridgehead atoms. The molecule has 0 aliphatic carbocycles. The summed E-state index contributed by atoms with van der Waals surface area (Å²) >= 11 is 5.82. The third-order valence-corrected chi connectivity index (χ3v) is 7.53. The zero-order valence-electron chi connectivity index (χ0n) is 22.4. The fourth-order valence-corrected chi connectivity index (χ4v) is 5.26.